The second kappa shape index (κ2) is 9.50. The molecule has 0 spiro atoms. The molecular formula is C21H32N2O2. The van der Waals surface area contributed by atoms with Crippen molar-refractivity contribution in [3.05, 3.63) is 41.5 Å². The van der Waals surface area contributed by atoms with E-state index in [0.717, 1.165) is 12.2 Å². The molecule has 0 radical (unpaired) electrons. The minimum Gasteiger partial charge on any atom is -0.492 e. The summed E-state index contributed by atoms with van der Waals surface area (Å²) in [4.78, 5) is 11.8. The van der Waals surface area contributed by atoms with Gasteiger partial charge in [-0.1, -0.05) is 44.6 Å². The van der Waals surface area contributed by atoms with Crippen LogP contribution < -0.4 is 15.4 Å². The van der Waals surface area contributed by atoms with E-state index in [1.54, 1.807) is 0 Å². The molecule has 0 atom stereocenters. The van der Waals surface area contributed by atoms with E-state index in [1.165, 1.54) is 36.8 Å². The van der Waals surface area contributed by atoms with E-state index in [4.69, 9.17) is 4.74 Å². The number of allylic oxidation sites excluding steroid dienone is 1. The molecule has 4 heteroatoms. The molecule has 0 saturated carbocycles. The van der Waals surface area contributed by atoms with Crippen LogP contribution in [0.4, 0.5) is 4.79 Å². The normalized spacial score (nSPS) is 14.6. The minimum atomic E-state index is -0.122. The van der Waals surface area contributed by atoms with Crippen LogP contribution in [0.2, 0.25) is 0 Å². The van der Waals surface area contributed by atoms with Crippen molar-refractivity contribution in [1.82, 2.24) is 10.6 Å². The van der Waals surface area contributed by atoms with Crippen LogP contribution in [-0.2, 0) is 5.41 Å². The van der Waals surface area contributed by atoms with Gasteiger partial charge in [0, 0.05) is 6.54 Å². The molecule has 2 N–H and O–H groups in total. The molecule has 0 unspecified atom stereocenters. The lowest BCUT2D eigenvalue weighted by molar-refractivity contribution is 0.236. The van der Waals surface area contributed by atoms with Crippen molar-refractivity contribution in [2.75, 3.05) is 19.7 Å². The maximum absolute atomic E-state index is 11.8. The molecule has 0 aliphatic heterocycles. The molecule has 0 aromatic heterocycles. The summed E-state index contributed by atoms with van der Waals surface area (Å²) in [6.07, 6.45) is 8.24. The van der Waals surface area contributed by atoms with E-state index in [0.29, 0.717) is 19.7 Å². The summed E-state index contributed by atoms with van der Waals surface area (Å²) >= 11 is 0. The lowest BCUT2D eigenvalue weighted by Gasteiger charge is -2.19. The predicted octanol–water partition coefficient (Wildman–Crippen LogP) is 4.55. The summed E-state index contributed by atoms with van der Waals surface area (Å²) in [5.74, 6) is 0.846. The molecule has 25 heavy (non-hydrogen) atoms. The van der Waals surface area contributed by atoms with Crippen LogP contribution in [0.3, 0.4) is 0 Å². The summed E-state index contributed by atoms with van der Waals surface area (Å²) in [5, 5.41) is 5.75. The van der Waals surface area contributed by atoms with Gasteiger partial charge in [0.25, 0.3) is 0 Å². The minimum absolute atomic E-state index is 0.102. The van der Waals surface area contributed by atoms with Crippen molar-refractivity contribution in [1.29, 1.82) is 0 Å². The van der Waals surface area contributed by atoms with Crippen molar-refractivity contribution in [2.45, 2.75) is 58.3 Å². The number of amides is 2. The van der Waals surface area contributed by atoms with Crippen molar-refractivity contribution < 1.29 is 9.53 Å². The Labute approximate surface area is 152 Å². The molecule has 1 aromatic carbocycles. The smallest absolute Gasteiger partial charge is 0.314 e. The fourth-order valence-electron chi connectivity index (χ4n) is 2.92. The third kappa shape index (κ3) is 7.20. The van der Waals surface area contributed by atoms with Gasteiger partial charge in [-0.25, -0.2) is 4.79 Å². The molecule has 2 amide bonds. The molecule has 0 heterocycles. The van der Waals surface area contributed by atoms with E-state index >= 15 is 0 Å². The number of benzene rings is 1. The predicted molar refractivity (Wildman–Crippen MR) is 103 cm³/mol. The van der Waals surface area contributed by atoms with E-state index in [9.17, 15) is 4.79 Å². The zero-order chi connectivity index (χ0) is 18.1. The molecule has 0 saturated heterocycles. The summed E-state index contributed by atoms with van der Waals surface area (Å²) in [7, 11) is 0. The largest absolute Gasteiger partial charge is 0.492 e. The molecule has 138 valence electrons. The standard InChI is InChI=1S/C21H32N2O2/c1-21(2,3)18-10-7-11-19(16-18)25-15-14-23-20(24)22-13-12-17-8-5-4-6-9-17/h7-8,10-11,16H,4-6,9,12-15H2,1-3H3,(H2,22,23,24). The molecule has 1 aliphatic carbocycles. The molecule has 2 rings (SSSR count). The highest BCUT2D eigenvalue weighted by atomic mass is 16.5. The Kier molecular flexibility index (Phi) is 7.35. The van der Waals surface area contributed by atoms with Gasteiger partial charge >= 0.3 is 6.03 Å². The molecule has 1 aromatic rings. The Hall–Kier alpha value is -1.97. The van der Waals surface area contributed by atoms with E-state index in [2.05, 4.69) is 49.6 Å². The SMILES string of the molecule is CC(C)(C)c1cccc(OCCNC(=O)NCCC2=CCCCC2)c1. The number of nitrogens with one attached hydrogen (secondary N) is 2. The Balaban J connectivity index is 1.60. The van der Waals surface area contributed by atoms with Gasteiger partial charge in [0.2, 0.25) is 0 Å². The van der Waals surface area contributed by atoms with Gasteiger partial charge in [0.15, 0.2) is 0 Å². The van der Waals surface area contributed by atoms with Gasteiger partial charge in [-0.15, -0.1) is 0 Å². The summed E-state index contributed by atoms with van der Waals surface area (Å²) in [6, 6.07) is 8.02. The molecular weight excluding hydrogens is 312 g/mol. The monoisotopic (exact) mass is 344 g/mol. The average molecular weight is 344 g/mol. The quantitative estimate of drug-likeness (QED) is 0.563. The van der Waals surface area contributed by atoms with Crippen LogP contribution in [0.25, 0.3) is 0 Å². The number of hydrogen-bond acceptors (Lipinski definition) is 2. The van der Waals surface area contributed by atoms with E-state index in [1.807, 2.05) is 12.1 Å². The van der Waals surface area contributed by atoms with Crippen LogP contribution in [-0.4, -0.2) is 25.7 Å². The van der Waals surface area contributed by atoms with Gasteiger partial charge in [-0.3, -0.25) is 0 Å². The van der Waals surface area contributed by atoms with Gasteiger partial charge in [-0.2, -0.15) is 0 Å². The highest BCUT2D eigenvalue weighted by Gasteiger charge is 2.13. The first-order chi connectivity index (χ1) is 11.9. The number of rotatable bonds is 7. The van der Waals surface area contributed by atoms with Crippen molar-refractivity contribution in [2.24, 2.45) is 0 Å². The number of carbonyl (C=O) groups excluding carboxylic acids is 1. The Bertz CT molecular complexity index is 588. The zero-order valence-corrected chi connectivity index (χ0v) is 15.9. The topological polar surface area (TPSA) is 50.4 Å². The first-order valence-electron chi connectivity index (χ1n) is 9.38. The van der Waals surface area contributed by atoms with Crippen LogP contribution in [0.15, 0.2) is 35.9 Å². The van der Waals surface area contributed by atoms with E-state index in [-0.39, 0.29) is 11.4 Å². The molecule has 0 bridgehead atoms. The van der Waals surface area contributed by atoms with Crippen LogP contribution in [0, 0.1) is 0 Å². The number of urea groups is 1. The molecule has 4 nitrogen and oxygen atoms in total. The van der Waals surface area contributed by atoms with Crippen molar-refractivity contribution in [3.8, 4) is 5.75 Å². The third-order valence-electron chi connectivity index (χ3n) is 4.47. The van der Waals surface area contributed by atoms with Crippen molar-refractivity contribution >= 4 is 6.03 Å². The fourth-order valence-corrected chi connectivity index (χ4v) is 2.92. The average Bonchev–Trinajstić information content (AvgIpc) is 2.59. The Morgan fingerprint density at radius 2 is 1.96 bits per heavy atom. The highest BCUT2D eigenvalue weighted by molar-refractivity contribution is 5.73. The Morgan fingerprint density at radius 1 is 1.16 bits per heavy atom. The van der Waals surface area contributed by atoms with Crippen LogP contribution in [0.5, 0.6) is 5.75 Å². The maximum atomic E-state index is 11.8. The van der Waals surface area contributed by atoms with Gasteiger partial charge < -0.3 is 15.4 Å². The molecule has 1 aliphatic rings. The Morgan fingerprint density at radius 3 is 2.68 bits per heavy atom. The number of carbonyl (C=O) groups is 1. The number of hydrogen-bond donors (Lipinski definition) is 2. The second-order valence-corrected chi connectivity index (χ2v) is 7.67. The van der Waals surface area contributed by atoms with Crippen molar-refractivity contribution in [3.63, 3.8) is 0 Å². The summed E-state index contributed by atoms with van der Waals surface area (Å²) in [5.41, 5.74) is 2.83. The van der Waals surface area contributed by atoms with E-state index < -0.39 is 0 Å². The molecule has 0 fully saturated rings. The first kappa shape index (κ1) is 19.4. The van der Waals surface area contributed by atoms with Gasteiger partial charge in [-0.05, 0) is 55.2 Å². The number of ether oxygens (including phenoxy) is 1. The lowest BCUT2D eigenvalue weighted by Crippen LogP contribution is -2.38. The second-order valence-electron chi connectivity index (χ2n) is 7.67. The third-order valence-corrected chi connectivity index (χ3v) is 4.47. The fraction of sp³-hybridized carbons (Fsp3) is 0.571. The van der Waals surface area contributed by atoms with Crippen LogP contribution in [0.1, 0.15) is 58.4 Å². The summed E-state index contributed by atoms with van der Waals surface area (Å²) < 4.78 is 5.74. The first-order valence-corrected chi connectivity index (χ1v) is 9.38. The highest BCUT2D eigenvalue weighted by Crippen LogP contribution is 2.25. The lowest BCUT2D eigenvalue weighted by atomic mass is 9.87. The summed E-state index contributed by atoms with van der Waals surface area (Å²) in [6.45, 7) is 8.21. The zero-order valence-electron chi connectivity index (χ0n) is 15.9. The maximum Gasteiger partial charge on any atom is 0.314 e. The van der Waals surface area contributed by atoms with Gasteiger partial charge in [0.05, 0.1) is 6.54 Å². The van der Waals surface area contributed by atoms with Gasteiger partial charge in [0.1, 0.15) is 12.4 Å². The van der Waals surface area contributed by atoms with Crippen LogP contribution >= 0.6 is 0 Å².